The molecule has 2 rings (SSSR count). The summed E-state index contributed by atoms with van der Waals surface area (Å²) in [5.74, 6) is 3.74. The SMILES string of the molecule is O=C(NCC#Cc1cc(F)c(Br)cc1F)OCc1ccccc1. The van der Waals surface area contributed by atoms with Crippen LogP contribution in [0, 0.1) is 23.5 Å². The van der Waals surface area contributed by atoms with Crippen LogP contribution < -0.4 is 5.32 Å². The van der Waals surface area contributed by atoms with Gasteiger partial charge in [-0.3, -0.25) is 0 Å². The zero-order valence-corrected chi connectivity index (χ0v) is 13.5. The van der Waals surface area contributed by atoms with E-state index in [1.807, 2.05) is 30.3 Å². The van der Waals surface area contributed by atoms with E-state index in [0.717, 1.165) is 17.7 Å². The fourth-order valence-corrected chi connectivity index (χ4v) is 1.96. The highest BCUT2D eigenvalue weighted by Crippen LogP contribution is 2.19. The monoisotopic (exact) mass is 379 g/mol. The predicted molar refractivity (Wildman–Crippen MR) is 85.6 cm³/mol. The molecule has 0 aliphatic carbocycles. The van der Waals surface area contributed by atoms with E-state index in [2.05, 4.69) is 33.1 Å². The minimum absolute atomic E-state index is 0.0307. The van der Waals surface area contributed by atoms with Crippen LogP contribution in [0.4, 0.5) is 13.6 Å². The Balaban J connectivity index is 1.81. The fraction of sp³-hybridized carbons (Fsp3) is 0.118. The number of carbonyl (C=O) groups excluding carboxylic acids is 1. The quantitative estimate of drug-likeness (QED) is 0.646. The van der Waals surface area contributed by atoms with E-state index < -0.39 is 17.7 Å². The first kappa shape index (κ1) is 17.0. The average molecular weight is 380 g/mol. The van der Waals surface area contributed by atoms with Gasteiger partial charge in [0.25, 0.3) is 0 Å². The molecule has 0 aromatic heterocycles. The van der Waals surface area contributed by atoms with E-state index >= 15 is 0 Å². The third-order valence-corrected chi connectivity index (χ3v) is 3.37. The van der Waals surface area contributed by atoms with Crippen LogP contribution in [0.1, 0.15) is 11.1 Å². The standard InChI is InChI=1S/C17H12BrF2NO2/c18-14-10-15(19)13(9-16(14)20)7-4-8-21-17(22)23-11-12-5-2-1-3-6-12/h1-3,5-6,9-10H,8,11H2,(H,21,22). The van der Waals surface area contributed by atoms with Crippen molar-refractivity contribution in [3.8, 4) is 11.8 Å². The summed E-state index contributed by atoms with van der Waals surface area (Å²) in [6.45, 7) is 0.109. The molecule has 118 valence electrons. The van der Waals surface area contributed by atoms with Crippen molar-refractivity contribution in [2.24, 2.45) is 0 Å². The second-order valence-corrected chi connectivity index (χ2v) is 5.32. The predicted octanol–water partition coefficient (Wildman–Crippen LogP) is 4.01. The van der Waals surface area contributed by atoms with Crippen molar-refractivity contribution in [2.75, 3.05) is 6.54 Å². The van der Waals surface area contributed by atoms with E-state index in [-0.39, 0.29) is 23.2 Å². The van der Waals surface area contributed by atoms with Gasteiger partial charge in [0.15, 0.2) is 0 Å². The molecule has 0 saturated carbocycles. The van der Waals surface area contributed by atoms with Crippen LogP contribution in [-0.4, -0.2) is 12.6 Å². The number of amides is 1. The number of carbonyl (C=O) groups is 1. The lowest BCUT2D eigenvalue weighted by Crippen LogP contribution is -2.24. The third-order valence-electron chi connectivity index (χ3n) is 2.77. The molecule has 2 aromatic carbocycles. The van der Waals surface area contributed by atoms with Gasteiger partial charge in [-0.05, 0) is 33.6 Å². The summed E-state index contributed by atoms with van der Waals surface area (Å²) in [6, 6.07) is 11.2. The van der Waals surface area contributed by atoms with E-state index in [9.17, 15) is 13.6 Å². The number of benzene rings is 2. The Bertz CT molecular complexity index is 754. The number of rotatable bonds is 3. The second kappa shape index (κ2) is 8.30. The molecular weight excluding hydrogens is 368 g/mol. The molecule has 3 nitrogen and oxygen atoms in total. The number of hydrogen-bond donors (Lipinski definition) is 1. The van der Waals surface area contributed by atoms with Crippen molar-refractivity contribution in [3.63, 3.8) is 0 Å². The van der Waals surface area contributed by atoms with Crippen LogP contribution >= 0.6 is 15.9 Å². The smallest absolute Gasteiger partial charge is 0.408 e. The number of ether oxygens (including phenoxy) is 1. The highest BCUT2D eigenvalue weighted by Gasteiger charge is 2.06. The van der Waals surface area contributed by atoms with Gasteiger partial charge in [-0.15, -0.1) is 0 Å². The summed E-state index contributed by atoms with van der Waals surface area (Å²) in [6.07, 6.45) is -0.634. The molecule has 0 radical (unpaired) electrons. The van der Waals surface area contributed by atoms with Gasteiger partial charge in [-0.25, -0.2) is 13.6 Å². The normalized spacial score (nSPS) is 9.70. The Morgan fingerprint density at radius 2 is 1.91 bits per heavy atom. The lowest BCUT2D eigenvalue weighted by molar-refractivity contribution is 0.141. The van der Waals surface area contributed by atoms with Gasteiger partial charge < -0.3 is 10.1 Å². The second-order valence-electron chi connectivity index (χ2n) is 4.46. The van der Waals surface area contributed by atoms with E-state index in [4.69, 9.17) is 4.74 Å². The molecule has 6 heteroatoms. The van der Waals surface area contributed by atoms with E-state index in [1.54, 1.807) is 0 Å². The first-order valence-corrected chi connectivity index (χ1v) is 7.43. The lowest BCUT2D eigenvalue weighted by atomic mass is 10.2. The van der Waals surface area contributed by atoms with E-state index in [0.29, 0.717) is 0 Å². The minimum atomic E-state index is -0.641. The Kier molecular flexibility index (Phi) is 6.12. The van der Waals surface area contributed by atoms with Gasteiger partial charge in [0.2, 0.25) is 0 Å². The molecular formula is C17H12BrF2NO2. The largest absolute Gasteiger partial charge is 0.445 e. The summed E-state index contributed by atoms with van der Waals surface area (Å²) < 4.78 is 31.8. The van der Waals surface area contributed by atoms with Gasteiger partial charge >= 0.3 is 6.09 Å². The Morgan fingerprint density at radius 1 is 1.17 bits per heavy atom. The van der Waals surface area contributed by atoms with Gasteiger partial charge in [-0.1, -0.05) is 42.2 Å². The minimum Gasteiger partial charge on any atom is -0.445 e. The first-order chi connectivity index (χ1) is 11.1. The topological polar surface area (TPSA) is 38.3 Å². The Labute approximate surface area is 140 Å². The Morgan fingerprint density at radius 3 is 2.65 bits per heavy atom. The molecule has 0 aliphatic heterocycles. The summed E-state index contributed by atoms with van der Waals surface area (Å²) in [7, 11) is 0. The zero-order chi connectivity index (χ0) is 16.7. The molecule has 0 spiro atoms. The first-order valence-electron chi connectivity index (χ1n) is 6.64. The van der Waals surface area contributed by atoms with Crippen molar-refractivity contribution in [1.82, 2.24) is 5.32 Å². The Hall–Kier alpha value is -2.39. The summed E-state index contributed by atoms with van der Waals surface area (Å²) in [4.78, 5) is 11.5. The lowest BCUT2D eigenvalue weighted by Gasteiger charge is -2.04. The van der Waals surface area contributed by atoms with Crippen molar-refractivity contribution >= 4 is 22.0 Å². The van der Waals surface area contributed by atoms with Crippen LogP contribution in [-0.2, 0) is 11.3 Å². The maximum absolute atomic E-state index is 13.5. The van der Waals surface area contributed by atoms with Crippen molar-refractivity contribution in [2.45, 2.75) is 6.61 Å². The zero-order valence-electron chi connectivity index (χ0n) is 11.9. The molecule has 0 bridgehead atoms. The molecule has 0 aliphatic rings. The molecule has 0 atom stereocenters. The number of alkyl carbamates (subject to hydrolysis) is 1. The highest BCUT2D eigenvalue weighted by molar-refractivity contribution is 9.10. The average Bonchev–Trinajstić information content (AvgIpc) is 2.55. The van der Waals surface area contributed by atoms with Gasteiger partial charge in [0, 0.05) is 0 Å². The molecule has 1 N–H and O–H groups in total. The molecule has 23 heavy (non-hydrogen) atoms. The molecule has 0 heterocycles. The fourth-order valence-electron chi connectivity index (χ4n) is 1.65. The van der Waals surface area contributed by atoms with Crippen LogP contribution in [0.2, 0.25) is 0 Å². The molecule has 1 amide bonds. The van der Waals surface area contributed by atoms with Crippen molar-refractivity contribution in [3.05, 3.63) is 69.7 Å². The van der Waals surface area contributed by atoms with Gasteiger partial charge in [0.05, 0.1) is 16.6 Å². The number of hydrogen-bond acceptors (Lipinski definition) is 2. The molecule has 0 saturated heterocycles. The maximum Gasteiger partial charge on any atom is 0.408 e. The third kappa shape index (κ3) is 5.38. The van der Waals surface area contributed by atoms with Crippen LogP contribution in [0.15, 0.2) is 46.9 Å². The van der Waals surface area contributed by atoms with Crippen LogP contribution in [0.5, 0.6) is 0 Å². The van der Waals surface area contributed by atoms with Gasteiger partial charge in [-0.2, -0.15) is 0 Å². The summed E-state index contributed by atoms with van der Waals surface area (Å²) in [5.41, 5.74) is 0.784. The van der Waals surface area contributed by atoms with E-state index in [1.165, 1.54) is 0 Å². The summed E-state index contributed by atoms with van der Waals surface area (Å²) in [5, 5.41) is 2.41. The molecule has 0 unspecified atom stereocenters. The molecule has 0 fully saturated rings. The highest BCUT2D eigenvalue weighted by atomic mass is 79.9. The summed E-state index contributed by atoms with van der Waals surface area (Å²) >= 11 is 2.88. The van der Waals surface area contributed by atoms with Crippen molar-refractivity contribution in [1.29, 1.82) is 0 Å². The van der Waals surface area contributed by atoms with Crippen LogP contribution in [0.25, 0.3) is 0 Å². The maximum atomic E-state index is 13.5. The number of nitrogens with one attached hydrogen (secondary N) is 1. The molecule has 2 aromatic rings. The van der Waals surface area contributed by atoms with Gasteiger partial charge in [0.1, 0.15) is 18.2 Å². The van der Waals surface area contributed by atoms with Crippen LogP contribution in [0.3, 0.4) is 0 Å². The van der Waals surface area contributed by atoms with Crippen molar-refractivity contribution < 1.29 is 18.3 Å². The number of halogens is 3.